The number of carbonyl (C=O) groups is 1. The minimum absolute atomic E-state index is 0.437. The summed E-state index contributed by atoms with van der Waals surface area (Å²) in [5, 5.41) is 8.79. The van der Waals surface area contributed by atoms with Crippen LogP contribution < -0.4 is 0 Å². The number of rotatable bonds is 1. The average molecular weight is 265 g/mol. The second kappa shape index (κ2) is 3.05. The van der Waals surface area contributed by atoms with Gasteiger partial charge in [0.2, 0.25) is 0 Å². The van der Waals surface area contributed by atoms with E-state index in [1.165, 1.54) is 16.2 Å². The second-order valence-corrected chi connectivity index (χ2v) is 5.40. The summed E-state index contributed by atoms with van der Waals surface area (Å²) < 4.78 is 0.775. The first-order chi connectivity index (χ1) is 5.70. The van der Waals surface area contributed by atoms with Crippen LogP contribution in [-0.4, -0.2) is 16.8 Å². The molecular formula is C7H5BrO2S2. The van der Waals surface area contributed by atoms with E-state index in [9.17, 15) is 4.79 Å². The Morgan fingerprint density at radius 3 is 2.92 bits per heavy atom. The normalized spacial score (nSPS) is 14.8. The number of thiophene rings is 1. The van der Waals surface area contributed by atoms with E-state index in [0.29, 0.717) is 4.88 Å². The summed E-state index contributed by atoms with van der Waals surface area (Å²) in [7, 11) is 0. The zero-order chi connectivity index (χ0) is 8.72. The Morgan fingerprint density at radius 1 is 1.58 bits per heavy atom. The monoisotopic (exact) mass is 264 g/mol. The Bertz CT molecular complexity index is 345. The molecule has 1 aromatic heterocycles. The Kier molecular flexibility index (Phi) is 2.18. The van der Waals surface area contributed by atoms with E-state index in [2.05, 4.69) is 15.9 Å². The van der Waals surface area contributed by atoms with Crippen LogP contribution in [0.2, 0.25) is 0 Å². The summed E-state index contributed by atoms with van der Waals surface area (Å²) in [5.41, 5.74) is 0. The van der Waals surface area contributed by atoms with Gasteiger partial charge in [-0.05, 0) is 22.4 Å². The number of halogens is 1. The van der Waals surface area contributed by atoms with Crippen LogP contribution in [0.4, 0.5) is 0 Å². The summed E-state index contributed by atoms with van der Waals surface area (Å²) >= 11 is 6.43. The highest BCUT2D eigenvalue weighted by molar-refractivity contribution is 9.10. The highest BCUT2D eigenvalue weighted by atomic mass is 79.9. The third-order valence-electron chi connectivity index (χ3n) is 1.65. The van der Waals surface area contributed by atoms with Crippen LogP contribution in [-0.2, 0) is 6.42 Å². The van der Waals surface area contributed by atoms with Crippen LogP contribution in [0, 0.1) is 0 Å². The van der Waals surface area contributed by atoms with Gasteiger partial charge >= 0.3 is 5.97 Å². The number of aromatic carboxylic acids is 1. The van der Waals surface area contributed by atoms with Gasteiger partial charge in [0, 0.05) is 15.5 Å². The molecule has 0 saturated heterocycles. The molecular weight excluding hydrogens is 260 g/mol. The highest BCUT2D eigenvalue weighted by Crippen LogP contribution is 2.44. The molecule has 2 nitrogen and oxygen atoms in total. The van der Waals surface area contributed by atoms with Gasteiger partial charge in [-0.25, -0.2) is 4.79 Å². The van der Waals surface area contributed by atoms with E-state index in [1.807, 2.05) is 0 Å². The van der Waals surface area contributed by atoms with Crippen molar-refractivity contribution in [3.63, 3.8) is 0 Å². The molecule has 0 unspecified atom stereocenters. The Hall–Kier alpha value is -0.000000000000000111. The quantitative estimate of drug-likeness (QED) is 0.848. The first-order valence-electron chi connectivity index (χ1n) is 3.37. The first-order valence-corrected chi connectivity index (χ1v) is 5.97. The Labute approximate surface area is 86.1 Å². The van der Waals surface area contributed by atoms with Crippen molar-refractivity contribution in [3.8, 4) is 0 Å². The number of carboxylic acids is 1. The molecule has 0 fully saturated rings. The molecule has 2 heterocycles. The smallest absolute Gasteiger partial charge is 0.347 e. The Morgan fingerprint density at radius 2 is 2.33 bits per heavy atom. The molecule has 0 aliphatic carbocycles. The van der Waals surface area contributed by atoms with Gasteiger partial charge in [-0.2, -0.15) is 0 Å². The number of thioether (sulfide) groups is 1. The molecule has 0 atom stereocenters. The van der Waals surface area contributed by atoms with Crippen molar-refractivity contribution in [2.45, 2.75) is 11.3 Å². The van der Waals surface area contributed by atoms with Gasteiger partial charge in [0.25, 0.3) is 0 Å². The average Bonchev–Trinajstić information content (AvgIpc) is 2.53. The van der Waals surface area contributed by atoms with Crippen molar-refractivity contribution >= 4 is 45.0 Å². The lowest BCUT2D eigenvalue weighted by Gasteiger charge is -1.91. The van der Waals surface area contributed by atoms with Crippen LogP contribution in [0.15, 0.2) is 9.37 Å². The number of fused-ring (bicyclic) bond motifs is 1. The molecule has 0 amide bonds. The number of hydrogen-bond donors (Lipinski definition) is 1. The van der Waals surface area contributed by atoms with E-state index in [4.69, 9.17) is 5.11 Å². The molecule has 0 spiro atoms. The standard InChI is InChI=1S/C7H5BrO2S2/c8-4-5-3(1-2-11-5)12-6(4)7(9)10/h1-2H2,(H,9,10). The number of aryl methyl sites for hydroxylation is 1. The highest BCUT2D eigenvalue weighted by Gasteiger charge is 2.24. The molecule has 12 heavy (non-hydrogen) atoms. The summed E-state index contributed by atoms with van der Waals surface area (Å²) in [6.45, 7) is 0. The lowest BCUT2D eigenvalue weighted by atomic mass is 10.4. The molecule has 64 valence electrons. The third-order valence-corrected chi connectivity index (χ3v) is 5.48. The van der Waals surface area contributed by atoms with Gasteiger partial charge in [-0.15, -0.1) is 23.1 Å². The molecule has 0 radical (unpaired) electrons. The minimum Gasteiger partial charge on any atom is -0.477 e. The third kappa shape index (κ3) is 1.20. The minimum atomic E-state index is -0.832. The van der Waals surface area contributed by atoms with E-state index in [1.54, 1.807) is 11.8 Å². The summed E-state index contributed by atoms with van der Waals surface area (Å²) in [5.74, 6) is 0.251. The molecule has 0 saturated carbocycles. The maximum atomic E-state index is 10.7. The van der Waals surface area contributed by atoms with Crippen LogP contribution >= 0.6 is 39.0 Å². The van der Waals surface area contributed by atoms with Crippen LogP contribution in [0.25, 0.3) is 0 Å². The molecule has 2 rings (SSSR count). The van der Waals surface area contributed by atoms with Crippen LogP contribution in [0.1, 0.15) is 14.5 Å². The first kappa shape index (κ1) is 8.59. The van der Waals surface area contributed by atoms with Crippen molar-refractivity contribution in [2.24, 2.45) is 0 Å². The predicted molar refractivity (Wildman–Crippen MR) is 53.4 cm³/mol. The molecule has 0 bridgehead atoms. The predicted octanol–water partition coefficient (Wildman–Crippen LogP) is 2.86. The molecule has 5 heteroatoms. The Balaban J connectivity index is 2.54. The maximum Gasteiger partial charge on any atom is 0.347 e. The fraction of sp³-hybridized carbons (Fsp3) is 0.286. The lowest BCUT2D eigenvalue weighted by molar-refractivity contribution is 0.0701. The fourth-order valence-electron chi connectivity index (χ4n) is 1.13. The molecule has 1 N–H and O–H groups in total. The molecule has 1 aliphatic heterocycles. The topological polar surface area (TPSA) is 37.3 Å². The largest absolute Gasteiger partial charge is 0.477 e. The number of hydrogen-bond acceptors (Lipinski definition) is 3. The van der Waals surface area contributed by atoms with E-state index in [0.717, 1.165) is 21.5 Å². The van der Waals surface area contributed by atoms with Gasteiger partial charge in [-0.3, -0.25) is 0 Å². The van der Waals surface area contributed by atoms with Crippen molar-refractivity contribution in [3.05, 3.63) is 14.2 Å². The zero-order valence-corrected chi connectivity index (χ0v) is 9.18. The molecule has 1 aliphatic rings. The van der Waals surface area contributed by atoms with Gasteiger partial charge in [0.15, 0.2) is 0 Å². The second-order valence-electron chi connectivity index (χ2n) is 2.40. The van der Waals surface area contributed by atoms with Crippen LogP contribution in [0.5, 0.6) is 0 Å². The molecule has 1 aromatic rings. The summed E-state index contributed by atoms with van der Waals surface area (Å²) in [4.78, 5) is 13.5. The summed E-state index contributed by atoms with van der Waals surface area (Å²) in [6.07, 6.45) is 1.01. The van der Waals surface area contributed by atoms with Gasteiger partial charge < -0.3 is 5.11 Å². The van der Waals surface area contributed by atoms with Crippen molar-refractivity contribution in [1.82, 2.24) is 0 Å². The van der Waals surface area contributed by atoms with Crippen molar-refractivity contribution < 1.29 is 9.90 Å². The van der Waals surface area contributed by atoms with Crippen molar-refractivity contribution in [2.75, 3.05) is 5.75 Å². The van der Waals surface area contributed by atoms with Gasteiger partial charge in [-0.1, -0.05) is 0 Å². The maximum absolute atomic E-state index is 10.7. The van der Waals surface area contributed by atoms with Gasteiger partial charge in [0.05, 0.1) is 4.47 Å². The number of carboxylic acid groups (broad SMARTS) is 1. The molecule has 0 aromatic carbocycles. The zero-order valence-electron chi connectivity index (χ0n) is 5.96. The van der Waals surface area contributed by atoms with E-state index in [-0.39, 0.29) is 0 Å². The summed E-state index contributed by atoms with van der Waals surface area (Å²) in [6, 6.07) is 0. The SMILES string of the molecule is O=C(O)c1sc2c(c1Br)SCC2. The van der Waals surface area contributed by atoms with Gasteiger partial charge in [0.1, 0.15) is 4.88 Å². The van der Waals surface area contributed by atoms with Crippen molar-refractivity contribution in [1.29, 1.82) is 0 Å². The van der Waals surface area contributed by atoms with E-state index >= 15 is 0 Å². The van der Waals surface area contributed by atoms with E-state index < -0.39 is 5.97 Å². The lowest BCUT2D eigenvalue weighted by Crippen LogP contribution is -1.92. The fourth-order valence-corrected chi connectivity index (χ4v) is 4.68. The van der Waals surface area contributed by atoms with Crippen LogP contribution in [0.3, 0.4) is 0 Å².